The fourth-order valence-electron chi connectivity index (χ4n) is 3.25. The van der Waals surface area contributed by atoms with E-state index in [1.165, 1.54) is 30.5 Å². The third-order valence-corrected chi connectivity index (χ3v) is 5.07. The van der Waals surface area contributed by atoms with Crippen LogP contribution in [-0.2, 0) is 6.54 Å². The normalized spacial score (nSPS) is 10.2. The van der Waals surface area contributed by atoms with Crippen LogP contribution in [0.2, 0.25) is 0 Å². The number of hydrogen-bond donors (Lipinski definition) is 3. The van der Waals surface area contributed by atoms with Crippen molar-refractivity contribution in [2.75, 3.05) is 0 Å². The zero-order valence-corrected chi connectivity index (χ0v) is 18.1. The minimum absolute atomic E-state index is 0.0475. The topological polar surface area (TPSA) is 116 Å². The van der Waals surface area contributed by atoms with Crippen LogP contribution in [0.25, 0.3) is 10.9 Å². The smallest absolute Gasteiger partial charge is 0.248 e. The Bertz CT molecular complexity index is 1340. The number of halogens is 1. The molecule has 4 N–H and O–H groups in total. The molecule has 0 bridgehead atoms. The van der Waals surface area contributed by atoms with Crippen molar-refractivity contribution in [1.82, 2.24) is 4.57 Å². The molecule has 0 spiro atoms. The number of phenolic OH excluding ortho intramolecular Hbond substituents is 1. The highest BCUT2D eigenvalue weighted by molar-refractivity contribution is 7.27. The summed E-state index contributed by atoms with van der Waals surface area (Å²) < 4.78 is 15.5. The van der Waals surface area contributed by atoms with E-state index in [4.69, 9.17) is 21.5 Å². The van der Waals surface area contributed by atoms with Gasteiger partial charge in [0.05, 0.1) is 5.56 Å². The minimum Gasteiger partial charge on any atom is -0.507 e. The Hall–Kier alpha value is -4.01. The quantitative estimate of drug-likeness (QED) is 0.328. The highest BCUT2D eigenvalue weighted by Crippen LogP contribution is 2.20. The molecule has 0 fully saturated rings. The summed E-state index contributed by atoms with van der Waals surface area (Å²) in [5.74, 6) is -0.988. The van der Waals surface area contributed by atoms with Crippen molar-refractivity contribution in [2.45, 2.75) is 6.54 Å². The van der Waals surface area contributed by atoms with E-state index in [0.29, 0.717) is 6.54 Å². The summed E-state index contributed by atoms with van der Waals surface area (Å²) in [5, 5.41) is 26.8. The lowest BCUT2D eigenvalue weighted by molar-refractivity contribution is 0.1000. The van der Waals surface area contributed by atoms with Crippen LogP contribution in [0.5, 0.6) is 5.75 Å². The largest absolute Gasteiger partial charge is 0.507 e. The van der Waals surface area contributed by atoms with E-state index in [0.717, 1.165) is 27.3 Å². The van der Waals surface area contributed by atoms with Crippen LogP contribution in [0.15, 0.2) is 66.9 Å². The van der Waals surface area contributed by atoms with Crippen LogP contribution >= 0.6 is 9.24 Å². The van der Waals surface area contributed by atoms with E-state index in [2.05, 4.69) is 13.8 Å². The minimum atomic E-state index is -0.619. The second-order valence-corrected chi connectivity index (χ2v) is 7.64. The number of nitriles is 1. The number of aromatic hydroxyl groups is 1. The molecule has 0 aliphatic heterocycles. The summed E-state index contributed by atoms with van der Waals surface area (Å²) >= 11 is 0. The van der Waals surface area contributed by atoms with Crippen molar-refractivity contribution in [2.24, 2.45) is 5.73 Å². The summed E-state index contributed by atoms with van der Waals surface area (Å²) in [6, 6.07) is 18.5. The maximum absolute atomic E-state index is 13.4. The third kappa shape index (κ3) is 5.18. The van der Waals surface area contributed by atoms with E-state index >= 15 is 0 Å². The van der Waals surface area contributed by atoms with Crippen molar-refractivity contribution >= 4 is 37.6 Å². The molecule has 1 amide bonds. The Morgan fingerprint density at radius 1 is 1.22 bits per heavy atom. The van der Waals surface area contributed by atoms with Gasteiger partial charge in [0.15, 0.2) is 0 Å². The molecular weight excluding hydrogens is 426 g/mol. The van der Waals surface area contributed by atoms with Crippen LogP contribution in [0, 0.1) is 22.6 Å². The average molecular weight is 446 g/mol. The summed E-state index contributed by atoms with van der Waals surface area (Å²) in [6.45, 7) is 0.615. The van der Waals surface area contributed by atoms with Crippen molar-refractivity contribution in [3.8, 4) is 11.8 Å². The van der Waals surface area contributed by atoms with Crippen molar-refractivity contribution in [3.63, 3.8) is 0 Å². The number of nitrogens with zero attached hydrogens (tertiary/aromatic N) is 2. The van der Waals surface area contributed by atoms with Gasteiger partial charge >= 0.3 is 0 Å². The zero-order valence-electron chi connectivity index (χ0n) is 16.9. The van der Waals surface area contributed by atoms with Gasteiger partial charge in [-0.3, -0.25) is 4.79 Å². The molecule has 0 saturated carbocycles. The molecule has 8 heteroatoms. The molecule has 1 heterocycles. The molecule has 160 valence electrons. The molecule has 1 atom stereocenters. The average Bonchev–Trinajstić information content (AvgIpc) is 3.16. The van der Waals surface area contributed by atoms with E-state index in [1.54, 1.807) is 12.1 Å². The predicted molar refractivity (Wildman–Crippen MR) is 126 cm³/mol. The molecule has 4 rings (SSSR count). The van der Waals surface area contributed by atoms with Gasteiger partial charge in [0, 0.05) is 41.0 Å². The lowest BCUT2D eigenvalue weighted by Gasteiger charge is -2.07. The number of amides is 1. The van der Waals surface area contributed by atoms with Crippen LogP contribution in [0.4, 0.5) is 4.39 Å². The molecule has 0 radical (unpaired) electrons. The number of phenols is 1. The number of fused-ring (bicyclic) bond motifs is 1. The number of carbonyl (C=O) groups is 1. The highest BCUT2D eigenvalue weighted by Gasteiger charge is 2.06. The second-order valence-electron chi connectivity index (χ2n) is 6.97. The summed E-state index contributed by atoms with van der Waals surface area (Å²) in [6.07, 6.45) is 3.33. The maximum Gasteiger partial charge on any atom is 0.248 e. The van der Waals surface area contributed by atoms with Gasteiger partial charge in [0.2, 0.25) is 5.91 Å². The van der Waals surface area contributed by atoms with Crippen LogP contribution in [0.3, 0.4) is 0 Å². The Kier molecular flexibility index (Phi) is 6.99. The second kappa shape index (κ2) is 9.86. The first-order valence-electron chi connectivity index (χ1n) is 9.48. The molecule has 1 aromatic heterocycles. The molecule has 32 heavy (non-hydrogen) atoms. The zero-order chi connectivity index (χ0) is 23.3. The van der Waals surface area contributed by atoms with E-state index in [-0.39, 0.29) is 22.7 Å². The fraction of sp³-hybridized carbons (Fsp3) is 0.0417. The number of benzene rings is 3. The molecule has 3 aromatic carbocycles. The van der Waals surface area contributed by atoms with Gasteiger partial charge in [-0.25, -0.2) is 4.39 Å². The van der Waals surface area contributed by atoms with Crippen LogP contribution in [-0.4, -0.2) is 21.8 Å². The maximum atomic E-state index is 13.4. The van der Waals surface area contributed by atoms with Crippen molar-refractivity contribution in [3.05, 3.63) is 94.9 Å². The monoisotopic (exact) mass is 446 g/mol. The van der Waals surface area contributed by atoms with Gasteiger partial charge in [-0.15, -0.1) is 9.24 Å². The number of rotatable bonds is 4. The van der Waals surface area contributed by atoms with Crippen LogP contribution in [0.1, 0.15) is 27.0 Å². The molecule has 0 aliphatic carbocycles. The van der Waals surface area contributed by atoms with Gasteiger partial charge < -0.3 is 20.8 Å². The van der Waals surface area contributed by atoms with Crippen molar-refractivity contribution in [1.29, 1.82) is 10.7 Å². The van der Waals surface area contributed by atoms with Gasteiger partial charge in [0.25, 0.3) is 0 Å². The number of primary amides is 1. The Labute approximate surface area is 186 Å². The first-order chi connectivity index (χ1) is 15.3. The molecule has 0 aliphatic rings. The highest BCUT2D eigenvalue weighted by atomic mass is 31.0. The van der Waals surface area contributed by atoms with Crippen LogP contribution < -0.4 is 11.0 Å². The lowest BCUT2D eigenvalue weighted by atomic mass is 10.1. The van der Waals surface area contributed by atoms with E-state index < -0.39 is 5.91 Å². The summed E-state index contributed by atoms with van der Waals surface area (Å²) in [4.78, 5) is 10.6. The molecular formula is C24H20FN4O2P. The Morgan fingerprint density at radius 3 is 2.66 bits per heavy atom. The number of nitrogens with one attached hydrogen (secondary N) is 1. The fourth-order valence-corrected chi connectivity index (χ4v) is 3.63. The first-order valence-corrected chi connectivity index (χ1v) is 10.1. The van der Waals surface area contributed by atoms with E-state index in [1.807, 2.05) is 36.5 Å². The van der Waals surface area contributed by atoms with Crippen molar-refractivity contribution < 1.29 is 14.3 Å². The van der Waals surface area contributed by atoms with Gasteiger partial charge in [-0.2, -0.15) is 5.26 Å². The number of hydrogen-bond acceptors (Lipinski definition) is 4. The molecule has 6 nitrogen and oxygen atoms in total. The molecule has 0 saturated heterocycles. The van der Waals surface area contributed by atoms with Gasteiger partial charge in [-0.05, 0) is 59.4 Å². The Balaban J connectivity index is 0.000000207. The standard InChI is InChI=1S/C16H14FN2P.C8H6N2O2/c17-13-6-11(7-14(20)8-13)10-19-5-4-15-12(9-18)2-1-3-16(15)19;9-4-6-3-5(8(10)12)1-2-7(6)11/h1-9,18H,10,20H2;1-3,11H,(H2,10,12). The Morgan fingerprint density at radius 2 is 2.00 bits per heavy atom. The SMILES string of the molecule is N#Cc1cc(C(N)=O)ccc1O.N=Cc1cccc2c1ccn2Cc1cc(F)cc(P)c1. The molecule has 1 unspecified atom stereocenters. The number of aromatic nitrogens is 1. The molecule has 4 aromatic rings. The summed E-state index contributed by atoms with van der Waals surface area (Å²) in [7, 11) is 2.52. The lowest BCUT2D eigenvalue weighted by Crippen LogP contribution is -2.10. The first kappa shape index (κ1) is 22.7. The number of carbonyl (C=O) groups excluding carboxylic acids is 1. The van der Waals surface area contributed by atoms with Gasteiger partial charge in [-0.1, -0.05) is 12.1 Å². The third-order valence-electron chi connectivity index (χ3n) is 4.74. The predicted octanol–water partition coefficient (Wildman–Crippen LogP) is 3.69. The van der Waals surface area contributed by atoms with Gasteiger partial charge in [0.1, 0.15) is 17.6 Å². The van der Waals surface area contributed by atoms with E-state index in [9.17, 15) is 9.18 Å². The summed E-state index contributed by atoms with van der Waals surface area (Å²) in [5.41, 5.74) is 8.09. The number of nitrogens with two attached hydrogens (primary N) is 1.